The average molecular weight is 317 g/mol. The Hall–Kier alpha value is -0.417. The SMILES string of the molecule is C=CC(C)/C1=C(\C(C)C=C)CC/C=C\CC1.[Ru]. The second-order valence-electron chi connectivity index (χ2n) is 4.65. The molecule has 1 rings (SSSR count). The minimum Gasteiger partial charge on any atom is -0.102 e. The van der Waals surface area contributed by atoms with Gasteiger partial charge < -0.3 is 0 Å². The van der Waals surface area contributed by atoms with Crippen LogP contribution in [0.25, 0.3) is 0 Å². The topological polar surface area (TPSA) is 0 Å². The van der Waals surface area contributed by atoms with Crippen molar-refractivity contribution >= 4 is 0 Å². The Morgan fingerprint density at radius 1 is 0.941 bits per heavy atom. The predicted octanol–water partition coefficient (Wildman–Crippen LogP) is 5.05. The molecule has 2 atom stereocenters. The van der Waals surface area contributed by atoms with Gasteiger partial charge in [0.1, 0.15) is 0 Å². The van der Waals surface area contributed by atoms with E-state index in [-0.39, 0.29) is 19.5 Å². The average Bonchev–Trinajstić information content (AvgIpc) is 2.27. The molecule has 0 aliphatic heterocycles. The first-order valence-electron chi connectivity index (χ1n) is 6.32. The summed E-state index contributed by atoms with van der Waals surface area (Å²) in [6, 6.07) is 0. The van der Waals surface area contributed by atoms with E-state index in [0.717, 1.165) is 0 Å². The second kappa shape index (κ2) is 8.64. The van der Waals surface area contributed by atoms with E-state index < -0.39 is 0 Å². The van der Waals surface area contributed by atoms with Crippen molar-refractivity contribution in [1.29, 1.82) is 0 Å². The van der Waals surface area contributed by atoms with E-state index in [0.29, 0.717) is 11.8 Å². The van der Waals surface area contributed by atoms with Gasteiger partial charge in [0.05, 0.1) is 0 Å². The van der Waals surface area contributed by atoms with Gasteiger partial charge in [0.15, 0.2) is 0 Å². The third kappa shape index (κ3) is 4.76. The van der Waals surface area contributed by atoms with Crippen LogP contribution in [0.2, 0.25) is 0 Å². The predicted molar refractivity (Wildman–Crippen MR) is 73.4 cm³/mol. The molecule has 0 bridgehead atoms. The Bertz CT molecular complexity index is 279. The first kappa shape index (κ1) is 16.6. The molecule has 1 aliphatic carbocycles. The summed E-state index contributed by atoms with van der Waals surface area (Å²) >= 11 is 0. The number of hydrogen-bond acceptors (Lipinski definition) is 0. The fourth-order valence-electron chi connectivity index (χ4n) is 2.36. The van der Waals surface area contributed by atoms with Crippen molar-refractivity contribution in [2.75, 3.05) is 0 Å². The molecule has 0 spiro atoms. The Balaban J connectivity index is 0.00000256. The van der Waals surface area contributed by atoms with Gasteiger partial charge in [0.25, 0.3) is 0 Å². The van der Waals surface area contributed by atoms with Gasteiger partial charge in [-0.1, -0.05) is 49.3 Å². The minimum absolute atomic E-state index is 0. The molecule has 0 saturated carbocycles. The van der Waals surface area contributed by atoms with Crippen LogP contribution < -0.4 is 0 Å². The number of allylic oxidation sites excluding steroid dienone is 6. The molecule has 0 nitrogen and oxygen atoms in total. The first-order chi connectivity index (χ1) is 7.70. The summed E-state index contributed by atoms with van der Waals surface area (Å²) in [7, 11) is 0. The van der Waals surface area contributed by atoms with Crippen molar-refractivity contribution in [3.8, 4) is 0 Å². The molecular formula is C16H24Ru. The van der Waals surface area contributed by atoms with E-state index >= 15 is 0 Å². The summed E-state index contributed by atoms with van der Waals surface area (Å²) in [4.78, 5) is 0. The van der Waals surface area contributed by atoms with Crippen molar-refractivity contribution in [3.05, 3.63) is 48.6 Å². The zero-order valence-electron chi connectivity index (χ0n) is 11.1. The van der Waals surface area contributed by atoms with Crippen LogP contribution in [0.1, 0.15) is 39.5 Å². The Morgan fingerprint density at radius 2 is 1.29 bits per heavy atom. The first-order valence-corrected chi connectivity index (χ1v) is 6.32. The van der Waals surface area contributed by atoms with Gasteiger partial charge in [0, 0.05) is 19.5 Å². The van der Waals surface area contributed by atoms with Gasteiger partial charge >= 0.3 is 0 Å². The van der Waals surface area contributed by atoms with E-state index in [1.54, 1.807) is 11.1 Å². The fourth-order valence-corrected chi connectivity index (χ4v) is 2.36. The normalized spacial score (nSPS) is 25.8. The largest absolute Gasteiger partial charge is 0.102 e. The van der Waals surface area contributed by atoms with Crippen LogP contribution in [0.15, 0.2) is 48.6 Å². The molecule has 0 aromatic heterocycles. The fraction of sp³-hybridized carbons (Fsp3) is 0.500. The second-order valence-corrected chi connectivity index (χ2v) is 4.65. The monoisotopic (exact) mass is 318 g/mol. The zero-order valence-corrected chi connectivity index (χ0v) is 12.8. The van der Waals surface area contributed by atoms with Gasteiger partial charge in [-0.3, -0.25) is 0 Å². The molecular weight excluding hydrogens is 293 g/mol. The molecule has 96 valence electrons. The summed E-state index contributed by atoms with van der Waals surface area (Å²) in [5.41, 5.74) is 3.18. The van der Waals surface area contributed by atoms with Crippen LogP contribution in [0, 0.1) is 11.8 Å². The van der Waals surface area contributed by atoms with E-state index in [2.05, 4.69) is 51.3 Å². The summed E-state index contributed by atoms with van der Waals surface area (Å²) in [5.74, 6) is 1.01. The van der Waals surface area contributed by atoms with Gasteiger partial charge in [-0.25, -0.2) is 0 Å². The molecule has 0 amide bonds. The Morgan fingerprint density at radius 3 is 1.59 bits per heavy atom. The van der Waals surface area contributed by atoms with Crippen LogP contribution in [0.3, 0.4) is 0 Å². The molecule has 2 unspecified atom stereocenters. The van der Waals surface area contributed by atoms with E-state index in [4.69, 9.17) is 0 Å². The van der Waals surface area contributed by atoms with Gasteiger partial charge in [-0.05, 0) is 37.5 Å². The van der Waals surface area contributed by atoms with Crippen LogP contribution in [-0.4, -0.2) is 0 Å². The van der Waals surface area contributed by atoms with Crippen LogP contribution in [-0.2, 0) is 19.5 Å². The van der Waals surface area contributed by atoms with Crippen molar-refractivity contribution in [2.24, 2.45) is 11.8 Å². The number of hydrogen-bond donors (Lipinski definition) is 0. The maximum absolute atomic E-state index is 3.93. The van der Waals surface area contributed by atoms with Gasteiger partial charge in [0.2, 0.25) is 0 Å². The quantitative estimate of drug-likeness (QED) is 0.502. The summed E-state index contributed by atoms with van der Waals surface area (Å²) in [5, 5.41) is 0. The van der Waals surface area contributed by atoms with E-state index in [1.165, 1.54) is 25.7 Å². The van der Waals surface area contributed by atoms with Crippen LogP contribution >= 0.6 is 0 Å². The van der Waals surface area contributed by atoms with Crippen molar-refractivity contribution in [2.45, 2.75) is 39.5 Å². The van der Waals surface area contributed by atoms with Crippen molar-refractivity contribution in [1.82, 2.24) is 0 Å². The van der Waals surface area contributed by atoms with Crippen LogP contribution in [0.4, 0.5) is 0 Å². The van der Waals surface area contributed by atoms with Crippen LogP contribution in [0.5, 0.6) is 0 Å². The van der Waals surface area contributed by atoms with E-state index in [9.17, 15) is 0 Å². The third-order valence-corrected chi connectivity index (χ3v) is 3.55. The molecule has 1 aliphatic rings. The molecule has 0 saturated heterocycles. The molecule has 0 heterocycles. The summed E-state index contributed by atoms with van der Waals surface area (Å²) in [6.07, 6.45) is 13.4. The van der Waals surface area contributed by atoms with Crippen molar-refractivity contribution < 1.29 is 19.5 Å². The smallest absolute Gasteiger partial charge is 0 e. The molecule has 17 heavy (non-hydrogen) atoms. The number of rotatable bonds is 4. The van der Waals surface area contributed by atoms with Gasteiger partial charge in [-0.2, -0.15) is 0 Å². The molecule has 0 fully saturated rings. The molecule has 0 radical (unpaired) electrons. The summed E-state index contributed by atoms with van der Waals surface area (Å²) < 4.78 is 0. The third-order valence-electron chi connectivity index (χ3n) is 3.55. The Labute approximate surface area is 119 Å². The molecule has 0 aromatic carbocycles. The molecule has 1 heteroatoms. The zero-order chi connectivity index (χ0) is 12.0. The van der Waals surface area contributed by atoms with Gasteiger partial charge in [-0.15, -0.1) is 13.2 Å². The minimum atomic E-state index is 0. The molecule has 0 aromatic rings. The standard InChI is InChI=1S/C16H24.Ru/c1-5-13(3)15-11-9-7-8-10-12-16(15)14(4)6-2;/h5-8,13-14H,1-2,9-12H2,3-4H3;/b8-7-,16-15-;. The van der Waals surface area contributed by atoms with Crippen molar-refractivity contribution in [3.63, 3.8) is 0 Å². The Kier molecular flexibility index (Phi) is 8.43. The summed E-state index contributed by atoms with van der Waals surface area (Å²) in [6.45, 7) is 12.4. The van der Waals surface area contributed by atoms with E-state index in [1.807, 2.05) is 0 Å². The maximum Gasteiger partial charge on any atom is 0 e. The maximum atomic E-state index is 3.93. The molecule has 0 N–H and O–H groups in total.